The van der Waals surface area contributed by atoms with Crippen molar-refractivity contribution < 1.29 is 37.7 Å². The van der Waals surface area contributed by atoms with Gasteiger partial charge in [-0.1, -0.05) is 30.3 Å². The summed E-state index contributed by atoms with van der Waals surface area (Å²) in [6.07, 6.45) is 0.908. The van der Waals surface area contributed by atoms with E-state index in [1.54, 1.807) is 37.3 Å². The van der Waals surface area contributed by atoms with Gasteiger partial charge in [-0.2, -0.15) is 0 Å². The first-order chi connectivity index (χ1) is 20.5. The zero-order valence-corrected chi connectivity index (χ0v) is 25.5. The number of carbonyl (C=O) groups excluding carboxylic acids is 1. The van der Waals surface area contributed by atoms with Crippen LogP contribution in [-0.2, 0) is 16.0 Å². The molecule has 2 aliphatic carbocycles. The van der Waals surface area contributed by atoms with Crippen LogP contribution in [0.3, 0.4) is 0 Å². The summed E-state index contributed by atoms with van der Waals surface area (Å²) in [5.41, 5.74) is 0.620. The number of alkyl halides is 2. The van der Waals surface area contributed by atoms with Crippen LogP contribution in [0.1, 0.15) is 88.4 Å². The number of amides is 2. The number of ether oxygens (including phenoxy) is 3. The maximum absolute atomic E-state index is 15.2. The third kappa shape index (κ3) is 7.96. The highest BCUT2D eigenvalue weighted by molar-refractivity contribution is 5.87. The summed E-state index contributed by atoms with van der Waals surface area (Å²) >= 11 is 0. The molecule has 43 heavy (non-hydrogen) atoms. The van der Waals surface area contributed by atoms with Crippen molar-refractivity contribution in [2.45, 2.75) is 95.7 Å². The van der Waals surface area contributed by atoms with Gasteiger partial charge in [-0.05, 0) is 69.7 Å². The van der Waals surface area contributed by atoms with Crippen LogP contribution in [0.25, 0.3) is 0 Å². The maximum atomic E-state index is 15.2. The number of nitrogens with one attached hydrogen (secondary N) is 1. The fourth-order valence-corrected chi connectivity index (χ4v) is 5.78. The predicted octanol–water partition coefficient (Wildman–Crippen LogP) is 6.72. The summed E-state index contributed by atoms with van der Waals surface area (Å²) in [4.78, 5) is 27.4. The molecule has 2 N–H and O–H groups in total. The van der Waals surface area contributed by atoms with Gasteiger partial charge in [0, 0.05) is 44.4 Å². The molecule has 4 rings (SSSR count). The highest BCUT2D eigenvalue weighted by Crippen LogP contribution is 2.50. The highest BCUT2D eigenvalue weighted by Gasteiger charge is 2.53. The number of hydrogen-bond acceptors (Lipinski definition) is 5. The summed E-state index contributed by atoms with van der Waals surface area (Å²) < 4.78 is 48.0. The topological polar surface area (TPSA) is 97.3 Å². The van der Waals surface area contributed by atoms with Crippen molar-refractivity contribution in [2.75, 3.05) is 26.4 Å². The molecule has 0 aliphatic heterocycles. The van der Waals surface area contributed by atoms with Crippen LogP contribution in [0.4, 0.5) is 13.6 Å². The lowest BCUT2D eigenvalue weighted by atomic mass is 9.74. The molecular weight excluding hydrogens is 558 g/mol. The van der Waals surface area contributed by atoms with Gasteiger partial charge in [-0.25, -0.2) is 18.4 Å². The molecule has 0 spiro atoms. The number of carboxylic acid groups (broad SMARTS) is 1. The molecule has 2 saturated carbocycles. The van der Waals surface area contributed by atoms with Crippen LogP contribution < -0.4 is 14.8 Å². The van der Waals surface area contributed by atoms with Crippen molar-refractivity contribution >= 4 is 12.0 Å². The molecule has 1 atom stereocenters. The number of rotatable bonds is 16. The first-order valence-electron chi connectivity index (χ1n) is 15.3. The minimum atomic E-state index is -3.09. The average molecular weight is 603 g/mol. The van der Waals surface area contributed by atoms with Gasteiger partial charge < -0.3 is 29.5 Å². The van der Waals surface area contributed by atoms with Crippen LogP contribution in [0.2, 0.25) is 0 Å². The smallest absolute Gasteiger partial charge is 0.329 e. The van der Waals surface area contributed by atoms with E-state index in [9.17, 15) is 14.7 Å². The van der Waals surface area contributed by atoms with E-state index < -0.39 is 42.3 Å². The van der Waals surface area contributed by atoms with E-state index in [0.717, 1.165) is 18.4 Å². The van der Waals surface area contributed by atoms with Crippen LogP contribution in [0, 0.1) is 0 Å². The third-order valence-electron chi connectivity index (χ3n) is 8.26. The first kappa shape index (κ1) is 32.5. The minimum absolute atomic E-state index is 0.105. The lowest BCUT2D eigenvalue weighted by molar-refractivity contribution is -0.156. The fraction of sp³-hybridized carbons (Fsp3) is 0.576. The Labute approximate surface area is 252 Å². The normalized spacial score (nSPS) is 20.6. The third-order valence-corrected chi connectivity index (χ3v) is 8.26. The van der Waals surface area contributed by atoms with E-state index in [-0.39, 0.29) is 25.5 Å². The van der Waals surface area contributed by atoms with Crippen LogP contribution in [0.5, 0.6) is 11.5 Å². The molecule has 0 saturated heterocycles. The highest BCUT2D eigenvalue weighted by atomic mass is 19.3. The zero-order chi connectivity index (χ0) is 31.2. The van der Waals surface area contributed by atoms with Gasteiger partial charge in [0.15, 0.2) is 0 Å². The van der Waals surface area contributed by atoms with Gasteiger partial charge in [0.1, 0.15) is 17.0 Å². The molecule has 2 aromatic carbocycles. The maximum Gasteiger partial charge on any atom is 0.329 e. The molecule has 0 radical (unpaired) electrons. The van der Waals surface area contributed by atoms with E-state index >= 15 is 8.78 Å². The number of benzene rings is 2. The molecule has 2 amide bonds. The second-order valence-electron chi connectivity index (χ2n) is 11.5. The van der Waals surface area contributed by atoms with Gasteiger partial charge in [0.2, 0.25) is 0 Å². The molecule has 236 valence electrons. The standard InChI is InChI=1S/C33H44F2N2O6/c1-5-41-26-20-32(21-26,30(38)39)36-31(40)37(16-15-33(34,35)19-23-11-9-8-10-12-23)22(4)25-17-27(42-6-2)29(24-13-14-24)28(18-25)43-7-3/h8-12,17-18,22,24,26H,5-7,13-16,19-21H2,1-4H3,(H,36,40)(H,38,39)/t22-,26?,32?/m1/s1. The molecule has 0 heterocycles. The van der Waals surface area contributed by atoms with Crippen LogP contribution >= 0.6 is 0 Å². The quantitative estimate of drug-likeness (QED) is 0.221. The molecule has 0 bridgehead atoms. The summed E-state index contributed by atoms with van der Waals surface area (Å²) in [6, 6.07) is 10.8. The van der Waals surface area contributed by atoms with E-state index in [1.807, 2.05) is 32.9 Å². The van der Waals surface area contributed by atoms with Gasteiger partial charge in [-0.15, -0.1) is 0 Å². The number of halogens is 2. The van der Waals surface area contributed by atoms with E-state index in [4.69, 9.17) is 14.2 Å². The Morgan fingerprint density at radius 1 is 1.05 bits per heavy atom. The van der Waals surface area contributed by atoms with Crippen LogP contribution in [-0.4, -0.2) is 65.9 Å². The molecule has 10 heteroatoms. The molecule has 2 aliphatic rings. The van der Waals surface area contributed by atoms with Gasteiger partial charge in [-0.3, -0.25) is 0 Å². The summed E-state index contributed by atoms with van der Waals surface area (Å²) in [5.74, 6) is -2.62. The predicted molar refractivity (Wildman–Crippen MR) is 159 cm³/mol. The Morgan fingerprint density at radius 3 is 2.16 bits per heavy atom. The molecule has 0 unspecified atom stereocenters. The Kier molecular flexibility index (Phi) is 10.5. The molecule has 8 nitrogen and oxygen atoms in total. The number of hydrogen-bond donors (Lipinski definition) is 2. The van der Waals surface area contributed by atoms with Crippen molar-refractivity contribution in [1.82, 2.24) is 10.2 Å². The monoisotopic (exact) mass is 602 g/mol. The van der Waals surface area contributed by atoms with E-state index in [0.29, 0.717) is 48.4 Å². The van der Waals surface area contributed by atoms with E-state index in [1.165, 1.54) is 4.90 Å². The van der Waals surface area contributed by atoms with Crippen molar-refractivity contribution in [2.24, 2.45) is 0 Å². The number of nitrogens with zero attached hydrogens (tertiary/aromatic N) is 1. The molecule has 0 aromatic heterocycles. The summed E-state index contributed by atoms with van der Waals surface area (Å²) in [7, 11) is 0. The number of urea groups is 1. The Hall–Kier alpha value is -3.40. The van der Waals surface area contributed by atoms with E-state index in [2.05, 4.69) is 5.32 Å². The average Bonchev–Trinajstić information content (AvgIpc) is 3.77. The summed E-state index contributed by atoms with van der Waals surface area (Å²) in [5, 5.41) is 12.7. The van der Waals surface area contributed by atoms with Crippen molar-refractivity contribution in [3.63, 3.8) is 0 Å². The minimum Gasteiger partial charge on any atom is -0.493 e. The Bertz CT molecular complexity index is 1220. The fourth-order valence-electron chi connectivity index (χ4n) is 5.78. The largest absolute Gasteiger partial charge is 0.493 e. The molecule has 2 fully saturated rings. The lowest BCUT2D eigenvalue weighted by Crippen LogP contribution is -2.66. The SMILES string of the molecule is CCOc1cc([C@@H](C)N(CCC(F)(F)Cc2ccccc2)C(=O)NC2(C(=O)O)CC(OCC)C2)cc(OCC)c1C1CC1. The zero-order valence-electron chi connectivity index (χ0n) is 25.5. The van der Waals surface area contributed by atoms with Crippen molar-refractivity contribution in [3.8, 4) is 11.5 Å². The Morgan fingerprint density at radius 2 is 1.65 bits per heavy atom. The molecular formula is C33H44F2N2O6. The van der Waals surface area contributed by atoms with Crippen molar-refractivity contribution in [3.05, 3.63) is 59.2 Å². The van der Waals surface area contributed by atoms with Gasteiger partial charge >= 0.3 is 12.0 Å². The van der Waals surface area contributed by atoms with Gasteiger partial charge in [0.25, 0.3) is 5.92 Å². The van der Waals surface area contributed by atoms with Crippen LogP contribution in [0.15, 0.2) is 42.5 Å². The second kappa shape index (κ2) is 13.9. The number of carbonyl (C=O) groups is 2. The second-order valence-corrected chi connectivity index (χ2v) is 11.5. The summed E-state index contributed by atoms with van der Waals surface area (Å²) in [6.45, 7) is 8.35. The number of aliphatic carboxylic acids is 1. The Balaban J connectivity index is 1.63. The molecule has 2 aromatic rings. The number of carboxylic acids is 1. The first-order valence-corrected chi connectivity index (χ1v) is 15.3. The van der Waals surface area contributed by atoms with Gasteiger partial charge in [0.05, 0.1) is 25.4 Å². The van der Waals surface area contributed by atoms with Crippen molar-refractivity contribution in [1.29, 1.82) is 0 Å². The lowest BCUT2D eigenvalue weighted by Gasteiger charge is -2.45.